The standard InChI is InChI=1S/C23H20Cl2N2O2/c1-14-7-3-5-9-17(14)22(28)26-21(16-11-12-19(24)20(25)13-16)27-23(29)18-10-6-4-8-15(18)2/h3-13,21H,1-2H3,(H,26,28)(H,27,29). The van der Waals surface area contributed by atoms with E-state index >= 15 is 0 Å². The summed E-state index contributed by atoms with van der Waals surface area (Å²) in [6.07, 6.45) is -0.788. The highest BCUT2D eigenvalue weighted by molar-refractivity contribution is 6.42. The summed E-state index contributed by atoms with van der Waals surface area (Å²) in [5.74, 6) is -0.603. The average Bonchev–Trinajstić information content (AvgIpc) is 2.70. The molecule has 0 aliphatic heterocycles. The first-order valence-electron chi connectivity index (χ1n) is 9.04. The fourth-order valence-electron chi connectivity index (χ4n) is 2.97. The first-order chi connectivity index (χ1) is 13.9. The molecule has 0 atom stereocenters. The molecule has 148 valence electrons. The predicted octanol–water partition coefficient (Wildman–Crippen LogP) is 5.47. The number of aryl methyl sites for hydroxylation is 2. The van der Waals surface area contributed by atoms with Gasteiger partial charge in [-0.15, -0.1) is 0 Å². The van der Waals surface area contributed by atoms with Crippen LogP contribution in [0.3, 0.4) is 0 Å². The van der Waals surface area contributed by atoms with E-state index in [1.807, 2.05) is 38.1 Å². The summed E-state index contributed by atoms with van der Waals surface area (Å²) < 4.78 is 0. The van der Waals surface area contributed by atoms with Crippen molar-refractivity contribution in [2.45, 2.75) is 20.0 Å². The van der Waals surface area contributed by atoms with Crippen LogP contribution in [0.4, 0.5) is 0 Å². The second-order valence-electron chi connectivity index (χ2n) is 6.68. The predicted molar refractivity (Wildman–Crippen MR) is 116 cm³/mol. The van der Waals surface area contributed by atoms with Gasteiger partial charge in [-0.25, -0.2) is 0 Å². The van der Waals surface area contributed by atoms with E-state index in [0.717, 1.165) is 11.1 Å². The van der Waals surface area contributed by atoms with Crippen LogP contribution in [-0.2, 0) is 0 Å². The lowest BCUT2D eigenvalue weighted by Crippen LogP contribution is -2.41. The smallest absolute Gasteiger partial charge is 0.253 e. The molecule has 29 heavy (non-hydrogen) atoms. The molecule has 0 bridgehead atoms. The van der Waals surface area contributed by atoms with Crippen molar-refractivity contribution in [2.24, 2.45) is 0 Å². The minimum atomic E-state index is -0.788. The Morgan fingerprint density at radius 2 is 1.21 bits per heavy atom. The summed E-state index contributed by atoms with van der Waals surface area (Å²) >= 11 is 12.2. The largest absolute Gasteiger partial charge is 0.328 e. The second kappa shape index (κ2) is 9.12. The van der Waals surface area contributed by atoms with Gasteiger partial charge in [-0.05, 0) is 54.8 Å². The van der Waals surface area contributed by atoms with Crippen LogP contribution >= 0.6 is 23.2 Å². The van der Waals surface area contributed by atoms with Crippen LogP contribution in [0, 0.1) is 13.8 Å². The number of hydrogen-bond donors (Lipinski definition) is 2. The van der Waals surface area contributed by atoms with Gasteiger partial charge in [0.2, 0.25) is 0 Å². The van der Waals surface area contributed by atoms with Gasteiger partial charge in [-0.1, -0.05) is 65.7 Å². The SMILES string of the molecule is Cc1ccccc1C(=O)NC(NC(=O)c1ccccc1C)c1ccc(Cl)c(Cl)c1. The van der Waals surface area contributed by atoms with Crippen molar-refractivity contribution in [1.29, 1.82) is 0 Å². The Balaban J connectivity index is 1.92. The lowest BCUT2D eigenvalue weighted by molar-refractivity contribution is 0.0883. The molecule has 3 aromatic carbocycles. The van der Waals surface area contributed by atoms with Gasteiger partial charge >= 0.3 is 0 Å². The zero-order valence-corrected chi connectivity index (χ0v) is 17.5. The zero-order valence-electron chi connectivity index (χ0n) is 16.0. The maximum absolute atomic E-state index is 12.9. The molecule has 0 aromatic heterocycles. The van der Waals surface area contributed by atoms with E-state index in [4.69, 9.17) is 23.2 Å². The molecular formula is C23H20Cl2N2O2. The van der Waals surface area contributed by atoms with Crippen molar-refractivity contribution in [2.75, 3.05) is 0 Å². The molecule has 3 rings (SSSR count). The maximum Gasteiger partial charge on any atom is 0.253 e. The molecule has 0 saturated carbocycles. The van der Waals surface area contributed by atoms with Crippen molar-refractivity contribution in [3.05, 3.63) is 105 Å². The molecule has 6 heteroatoms. The van der Waals surface area contributed by atoms with Crippen LogP contribution in [0.25, 0.3) is 0 Å². The Hall–Kier alpha value is -2.82. The highest BCUT2D eigenvalue weighted by Crippen LogP contribution is 2.25. The van der Waals surface area contributed by atoms with E-state index in [-0.39, 0.29) is 11.8 Å². The quantitative estimate of drug-likeness (QED) is 0.531. The Labute approximate surface area is 179 Å². The van der Waals surface area contributed by atoms with Crippen LogP contribution in [0.5, 0.6) is 0 Å². The minimum absolute atomic E-state index is 0.302. The number of carbonyl (C=O) groups excluding carboxylic acids is 2. The number of amides is 2. The monoisotopic (exact) mass is 426 g/mol. The lowest BCUT2D eigenvalue weighted by Gasteiger charge is -2.22. The third-order valence-electron chi connectivity index (χ3n) is 4.61. The Kier molecular flexibility index (Phi) is 6.57. The van der Waals surface area contributed by atoms with Crippen molar-refractivity contribution >= 4 is 35.0 Å². The number of carbonyl (C=O) groups is 2. The van der Waals surface area contributed by atoms with Crippen LogP contribution in [0.15, 0.2) is 66.7 Å². The van der Waals surface area contributed by atoms with E-state index in [9.17, 15) is 9.59 Å². The van der Waals surface area contributed by atoms with E-state index in [0.29, 0.717) is 26.7 Å². The topological polar surface area (TPSA) is 58.2 Å². The Bertz CT molecular complexity index is 1010. The summed E-state index contributed by atoms with van der Waals surface area (Å²) in [5.41, 5.74) is 3.35. The molecule has 4 nitrogen and oxygen atoms in total. The molecule has 0 aliphatic rings. The number of benzene rings is 3. The second-order valence-corrected chi connectivity index (χ2v) is 7.50. The van der Waals surface area contributed by atoms with Crippen molar-refractivity contribution in [1.82, 2.24) is 10.6 Å². The Morgan fingerprint density at radius 1 is 0.724 bits per heavy atom. The molecule has 0 saturated heterocycles. The van der Waals surface area contributed by atoms with Crippen LogP contribution in [-0.4, -0.2) is 11.8 Å². The fourth-order valence-corrected chi connectivity index (χ4v) is 3.27. The van der Waals surface area contributed by atoms with Crippen molar-refractivity contribution in [3.63, 3.8) is 0 Å². The minimum Gasteiger partial charge on any atom is -0.328 e. The normalized spacial score (nSPS) is 10.7. The number of hydrogen-bond acceptors (Lipinski definition) is 2. The van der Waals surface area contributed by atoms with Crippen molar-refractivity contribution in [3.8, 4) is 0 Å². The summed E-state index contributed by atoms with van der Waals surface area (Å²) in [5, 5.41) is 6.50. The van der Waals surface area contributed by atoms with Crippen LogP contribution < -0.4 is 10.6 Å². The summed E-state index contributed by atoms with van der Waals surface area (Å²) in [7, 11) is 0. The third-order valence-corrected chi connectivity index (χ3v) is 5.35. The number of rotatable bonds is 5. The van der Waals surface area contributed by atoms with Gasteiger partial charge in [0, 0.05) is 11.1 Å². The highest BCUT2D eigenvalue weighted by atomic mass is 35.5. The van der Waals surface area contributed by atoms with Gasteiger partial charge in [-0.2, -0.15) is 0 Å². The first kappa shape index (κ1) is 20.9. The van der Waals surface area contributed by atoms with Gasteiger partial charge < -0.3 is 10.6 Å². The van der Waals surface area contributed by atoms with E-state index in [1.54, 1.807) is 42.5 Å². The summed E-state index contributed by atoms with van der Waals surface area (Å²) in [6.45, 7) is 3.71. The molecule has 0 unspecified atom stereocenters. The molecule has 0 fully saturated rings. The van der Waals surface area contributed by atoms with E-state index < -0.39 is 6.17 Å². The molecule has 0 radical (unpaired) electrons. The molecular weight excluding hydrogens is 407 g/mol. The molecule has 3 aromatic rings. The molecule has 0 aliphatic carbocycles. The van der Waals surface area contributed by atoms with Crippen molar-refractivity contribution < 1.29 is 9.59 Å². The van der Waals surface area contributed by atoms with Crippen LogP contribution in [0.1, 0.15) is 43.6 Å². The van der Waals surface area contributed by atoms with Gasteiger partial charge in [0.25, 0.3) is 11.8 Å². The van der Waals surface area contributed by atoms with Crippen LogP contribution in [0.2, 0.25) is 10.0 Å². The fraction of sp³-hybridized carbons (Fsp3) is 0.130. The summed E-state index contributed by atoms with van der Waals surface area (Å²) in [4.78, 5) is 25.7. The molecule has 0 spiro atoms. The van der Waals surface area contributed by atoms with Gasteiger partial charge in [0.1, 0.15) is 6.17 Å². The van der Waals surface area contributed by atoms with Gasteiger partial charge in [-0.3, -0.25) is 9.59 Å². The molecule has 2 N–H and O–H groups in total. The van der Waals surface area contributed by atoms with Gasteiger partial charge in [0.15, 0.2) is 0 Å². The van der Waals surface area contributed by atoms with E-state index in [1.165, 1.54) is 0 Å². The third kappa shape index (κ3) is 4.97. The number of nitrogens with one attached hydrogen (secondary N) is 2. The summed E-state index contributed by atoms with van der Waals surface area (Å²) in [6, 6.07) is 19.5. The zero-order chi connectivity index (χ0) is 21.0. The van der Waals surface area contributed by atoms with Gasteiger partial charge in [0.05, 0.1) is 10.0 Å². The number of halogens is 2. The highest BCUT2D eigenvalue weighted by Gasteiger charge is 2.21. The maximum atomic E-state index is 12.9. The molecule has 2 amide bonds. The van der Waals surface area contributed by atoms with E-state index in [2.05, 4.69) is 10.6 Å². The first-order valence-corrected chi connectivity index (χ1v) is 9.80. The average molecular weight is 427 g/mol. The lowest BCUT2D eigenvalue weighted by atomic mass is 10.1. The molecule has 0 heterocycles. The Morgan fingerprint density at radius 3 is 1.66 bits per heavy atom.